The number of aromatic nitrogens is 1. The Kier molecular flexibility index (Phi) is 3.23. The average molecular weight is 185 g/mol. The van der Waals surface area contributed by atoms with Crippen LogP contribution in [0.4, 0.5) is 0 Å². The SMILES string of the molecule is CCCC(O)c1sc(C)nc1C. The molecule has 0 spiro atoms. The molecular formula is C9H15NOS. The second kappa shape index (κ2) is 4.01. The summed E-state index contributed by atoms with van der Waals surface area (Å²) in [5.74, 6) is 0. The molecule has 1 atom stereocenters. The normalized spacial score (nSPS) is 13.3. The fourth-order valence-corrected chi connectivity index (χ4v) is 2.21. The van der Waals surface area contributed by atoms with Crippen molar-refractivity contribution in [2.45, 2.75) is 39.7 Å². The number of aliphatic hydroxyl groups is 1. The summed E-state index contributed by atoms with van der Waals surface area (Å²) >= 11 is 1.60. The molecule has 0 amide bonds. The van der Waals surface area contributed by atoms with Crippen molar-refractivity contribution >= 4 is 11.3 Å². The summed E-state index contributed by atoms with van der Waals surface area (Å²) in [6.07, 6.45) is 1.54. The van der Waals surface area contributed by atoms with Crippen LogP contribution in [0.3, 0.4) is 0 Å². The number of aliphatic hydroxyl groups excluding tert-OH is 1. The average Bonchev–Trinajstić information content (AvgIpc) is 2.30. The van der Waals surface area contributed by atoms with Gasteiger partial charge in [0.25, 0.3) is 0 Å². The van der Waals surface area contributed by atoms with Gasteiger partial charge in [-0.2, -0.15) is 0 Å². The predicted octanol–water partition coefficient (Wildman–Crippen LogP) is 2.59. The Bertz CT molecular complexity index is 257. The third-order valence-corrected chi connectivity index (χ3v) is 2.98. The highest BCUT2D eigenvalue weighted by atomic mass is 32.1. The Labute approximate surface area is 77.3 Å². The van der Waals surface area contributed by atoms with Gasteiger partial charge in [0.05, 0.1) is 21.7 Å². The van der Waals surface area contributed by atoms with Crippen LogP contribution < -0.4 is 0 Å². The fourth-order valence-electron chi connectivity index (χ4n) is 1.26. The van der Waals surface area contributed by atoms with Gasteiger partial charge < -0.3 is 5.11 Å². The lowest BCUT2D eigenvalue weighted by atomic mass is 10.1. The first-order valence-electron chi connectivity index (χ1n) is 4.27. The molecule has 0 aliphatic rings. The summed E-state index contributed by atoms with van der Waals surface area (Å²) in [4.78, 5) is 5.31. The molecule has 12 heavy (non-hydrogen) atoms. The van der Waals surface area contributed by atoms with Crippen LogP contribution in [0.25, 0.3) is 0 Å². The molecule has 68 valence electrons. The van der Waals surface area contributed by atoms with Crippen molar-refractivity contribution in [3.05, 3.63) is 15.6 Å². The van der Waals surface area contributed by atoms with Gasteiger partial charge in [-0.25, -0.2) is 4.98 Å². The molecule has 0 aliphatic heterocycles. The maximum atomic E-state index is 9.69. The van der Waals surface area contributed by atoms with E-state index in [1.54, 1.807) is 11.3 Å². The Morgan fingerprint density at radius 1 is 1.50 bits per heavy atom. The second-order valence-electron chi connectivity index (χ2n) is 2.99. The Morgan fingerprint density at radius 3 is 2.58 bits per heavy atom. The van der Waals surface area contributed by atoms with Crippen LogP contribution in [0.2, 0.25) is 0 Å². The van der Waals surface area contributed by atoms with Crippen molar-refractivity contribution in [2.75, 3.05) is 0 Å². The first-order valence-corrected chi connectivity index (χ1v) is 5.08. The zero-order valence-corrected chi connectivity index (χ0v) is 8.61. The monoisotopic (exact) mass is 185 g/mol. The van der Waals surface area contributed by atoms with E-state index >= 15 is 0 Å². The van der Waals surface area contributed by atoms with Crippen LogP contribution >= 0.6 is 11.3 Å². The van der Waals surface area contributed by atoms with Crippen LogP contribution in [0.5, 0.6) is 0 Å². The van der Waals surface area contributed by atoms with E-state index in [1.165, 1.54) is 0 Å². The van der Waals surface area contributed by atoms with Crippen molar-refractivity contribution in [3.8, 4) is 0 Å². The second-order valence-corrected chi connectivity index (χ2v) is 4.22. The van der Waals surface area contributed by atoms with Gasteiger partial charge in [0.15, 0.2) is 0 Å². The summed E-state index contributed by atoms with van der Waals surface area (Å²) in [5.41, 5.74) is 0.985. The Hall–Kier alpha value is -0.410. The van der Waals surface area contributed by atoms with Gasteiger partial charge in [-0.15, -0.1) is 11.3 Å². The zero-order valence-electron chi connectivity index (χ0n) is 7.79. The molecule has 0 saturated carbocycles. The molecule has 0 fully saturated rings. The molecule has 0 aromatic carbocycles. The Balaban J connectivity index is 2.79. The molecule has 1 N–H and O–H groups in total. The molecular weight excluding hydrogens is 170 g/mol. The minimum absolute atomic E-state index is 0.304. The van der Waals surface area contributed by atoms with Gasteiger partial charge in [-0.05, 0) is 20.3 Å². The highest BCUT2D eigenvalue weighted by Gasteiger charge is 2.12. The maximum absolute atomic E-state index is 9.69. The molecule has 0 aliphatic carbocycles. The van der Waals surface area contributed by atoms with E-state index in [0.29, 0.717) is 0 Å². The summed E-state index contributed by atoms with van der Waals surface area (Å²) in [6.45, 7) is 6.00. The number of nitrogens with zero attached hydrogens (tertiary/aromatic N) is 1. The van der Waals surface area contributed by atoms with Crippen LogP contribution in [0.15, 0.2) is 0 Å². The van der Waals surface area contributed by atoms with Gasteiger partial charge in [-0.1, -0.05) is 13.3 Å². The van der Waals surface area contributed by atoms with Crippen LogP contribution in [0.1, 0.15) is 41.4 Å². The number of rotatable bonds is 3. The van der Waals surface area contributed by atoms with Crippen molar-refractivity contribution in [1.29, 1.82) is 0 Å². The standard InChI is InChI=1S/C9H15NOS/c1-4-5-8(11)9-6(2)10-7(3)12-9/h8,11H,4-5H2,1-3H3. The van der Waals surface area contributed by atoms with E-state index in [2.05, 4.69) is 11.9 Å². The number of aryl methyl sites for hydroxylation is 2. The van der Waals surface area contributed by atoms with Crippen LogP contribution in [-0.4, -0.2) is 10.1 Å². The molecule has 0 bridgehead atoms. The molecule has 1 heterocycles. The summed E-state index contributed by atoms with van der Waals surface area (Å²) in [6, 6.07) is 0. The quantitative estimate of drug-likeness (QED) is 0.785. The molecule has 1 aromatic heterocycles. The topological polar surface area (TPSA) is 33.1 Å². The van der Waals surface area contributed by atoms with E-state index < -0.39 is 0 Å². The largest absolute Gasteiger partial charge is 0.388 e. The van der Waals surface area contributed by atoms with Gasteiger partial charge in [-0.3, -0.25) is 0 Å². The summed E-state index contributed by atoms with van der Waals surface area (Å²) in [5, 5.41) is 10.7. The van der Waals surface area contributed by atoms with Crippen LogP contribution in [0, 0.1) is 13.8 Å². The number of hydrogen-bond acceptors (Lipinski definition) is 3. The van der Waals surface area contributed by atoms with E-state index in [9.17, 15) is 5.11 Å². The number of thiazole rings is 1. The van der Waals surface area contributed by atoms with E-state index in [4.69, 9.17) is 0 Å². The lowest BCUT2D eigenvalue weighted by Crippen LogP contribution is -1.95. The van der Waals surface area contributed by atoms with E-state index in [0.717, 1.165) is 28.4 Å². The van der Waals surface area contributed by atoms with E-state index in [-0.39, 0.29) is 6.10 Å². The van der Waals surface area contributed by atoms with Crippen molar-refractivity contribution < 1.29 is 5.11 Å². The highest BCUT2D eigenvalue weighted by molar-refractivity contribution is 7.11. The van der Waals surface area contributed by atoms with Crippen LogP contribution in [-0.2, 0) is 0 Å². The molecule has 3 heteroatoms. The third kappa shape index (κ3) is 2.05. The maximum Gasteiger partial charge on any atom is 0.0901 e. The first-order chi connectivity index (χ1) is 5.65. The van der Waals surface area contributed by atoms with Gasteiger partial charge in [0, 0.05) is 0 Å². The lowest BCUT2D eigenvalue weighted by Gasteiger charge is -2.06. The zero-order chi connectivity index (χ0) is 9.14. The van der Waals surface area contributed by atoms with Crippen molar-refractivity contribution in [2.24, 2.45) is 0 Å². The highest BCUT2D eigenvalue weighted by Crippen LogP contribution is 2.27. The molecule has 1 unspecified atom stereocenters. The minimum atomic E-state index is -0.304. The Morgan fingerprint density at radius 2 is 2.17 bits per heavy atom. The fraction of sp³-hybridized carbons (Fsp3) is 0.667. The summed E-state index contributed by atoms with van der Waals surface area (Å²) in [7, 11) is 0. The third-order valence-electron chi connectivity index (χ3n) is 1.80. The van der Waals surface area contributed by atoms with Gasteiger partial charge >= 0.3 is 0 Å². The first kappa shape index (κ1) is 9.68. The van der Waals surface area contributed by atoms with Crippen molar-refractivity contribution in [3.63, 3.8) is 0 Å². The van der Waals surface area contributed by atoms with Crippen molar-refractivity contribution in [1.82, 2.24) is 4.98 Å². The minimum Gasteiger partial charge on any atom is -0.388 e. The predicted molar refractivity (Wildman–Crippen MR) is 51.5 cm³/mol. The van der Waals surface area contributed by atoms with Gasteiger partial charge in [0.2, 0.25) is 0 Å². The molecule has 1 rings (SSSR count). The lowest BCUT2D eigenvalue weighted by molar-refractivity contribution is 0.169. The van der Waals surface area contributed by atoms with Gasteiger partial charge in [0.1, 0.15) is 0 Å². The van der Waals surface area contributed by atoms with E-state index in [1.807, 2.05) is 13.8 Å². The molecule has 0 saturated heterocycles. The summed E-state index contributed by atoms with van der Waals surface area (Å²) < 4.78 is 0. The molecule has 0 radical (unpaired) electrons. The molecule has 2 nitrogen and oxygen atoms in total. The smallest absolute Gasteiger partial charge is 0.0901 e. The molecule has 1 aromatic rings. The number of hydrogen-bond donors (Lipinski definition) is 1.